The lowest BCUT2D eigenvalue weighted by molar-refractivity contribution is 0.0858. The zero-order valence-corrected chi connectivity index (χ0v) is 22.8. The SMILES string of the molecule is O=C(Nc1ccc(Cl)cc1)Nc1ccc(N2CCC(Cc3ccccc3)CC2)c(C(=O)NCC2CCCO2)c1. The van der Waals surface area contributed by atoms with Crippen LogP contribution < -0.4 is 20.9 Å². The van der Waals surface area contributed by atoms with E-state index in [0.29, 0.717) is 34.4 Å². The maximum Gasteiger partial charge on any atom is 0.323 e. The molecule has 1 atom stereocenters. The van der Waals surface area contributed by atoms with Crippen LogP contribution in [-0.4, -0.2) is 44.3 Å². The van der Waals surface area contributed by atoms with Gasteiger partial charge in [0.15, 0.2) is 0 Å². The summed E-state index contributed by atoms with van der Waals surface area (Å²) in [6, 6.07) is 22.7. The average Bonchev–Trinajstić information content (AvgIpc) is 3.48. The summed E-state index contributed by atoms with van der Waals surface area (Å²) in [5.74, 6) is 0.464. The number of amides is 3. The fraction of sp³-hybridized carbons (Fsp3) is 0.355. The molecule has 0 spiro atoms. The predicted molar refractivity (Wildman–Crippen MR) is 157 cm³/mol. The Kier molecular flexibility index (Phi) is 9.01. The molecule has 2 fully saturated rings. The molecule has 2 heterocycles. The highest BCUT2D eigenvalue weighted by Gasteiger charge is 2.25. The van der Waals surface area contributed by atoms with Gasteiger partial charge in [0.25, 0.3) is 5.91 Å². The number of benzene rings is 3. The number of hydrogen-bond donors (Lipinski definition) is 3. The zero-order valence-electron chi connectivity index (χ0n) is 22.0. The standard InChI is InChI=1S/C31H35ClN4O3/c32-24-8-10-25(11-9-24)34-31(38)35-26-12-13-29(28(20-26)30(37)33-21-27-7-4-18-39-27)36-16-14-23(15-17-36)19-22-5-2-1-3-6-22/h1-3,5-6,8-13,20,23,27H,4,7,14-19,21H2,(H,33,37)(H2,34,35,38). The lowest BCUT2D eigenvalue weighted by Gasteiger charge is -2.35. The molecular weight excluding hydrogens is 512 g/mol. The molecular formula is C31H35ClN4O3. The van der Waals surface area contributed by atoms with E-state index in [-0.39, 0.29) is 12.0 Å². The highest BCUT2D eigenvalue weighted by Crippen LogP contribution is 2.30. The Morgan fingerprint density at radius 1 is 0.897 bits per heavy atom. The smallest absolute Gasteiger partial charge is 0.323 e. The summed E-state index contributed by atoms with van der Waals surface area (Å²) >= 11 is 5.94. The molecule has 39 heavy (non-hydrogen) atoms. The number of nitrogens with one attached hydrogen (secondary N) is 3. The van der Waals surface area contributed by atoms with Gasteiger partial charge in [-0.3, -0.25) is 4.79 Å². The molecule has 0 bridgehead atoms. The Balaban J connectivity index is 1.27. The first-order valence-corrected chi connectivity index (χ1v) is 14.1. The Morgan fingerprint density at radius 2 is 1.62 bits per heavy atom. The van der Waals surface area contributed by atoms with Crippen molar-refractivity contribution in [2.24, 2.45) is 5.92 Å². The van der Waals surface area contributed by atoms with E-state index in [9.17, 15) is 9.59 Å². The first-order valence-electron chi connectivity index (χ1n) is 13.7. The fourth-order valence-electron chi connectivity index (χ4n) is 5.33. The number of nitrogens with zero attached hydrogens (tertiary/aromatic N) is 1. The molecule has 3 aromatic rings. The van der Waals surface area contributed by atoms with Gasteiger partial charge in [-0.15, -0.1) is 0 Å². The Morgan fingerprint density at radius 3 is 2.33 bits per heavy atom. The third-order valence-electron chi connectivity index (χ3n) is 7.44. The van der Waals surface area contributed by atoms with Gasteiger partial charge in [0, 0.05) is 48.3 Å². The van der Waals surface area contributed by atoms with E-state index in [0.717, 1.165) is 57.5 Å². The van der Waals surface area contributed by atoms with Crippen LogP contribution in [0.4, 0.5) is 21.9 Å². The Hall–Kier alpha value is -3.55. The van der Waals surface area contributed by atoms with Crippen molar-refractivity contribution >= 4 is 40.6 Å². The Bertz CT molecular complexity index is 1250. The van der Waals surface area contributed by atoms with Crippen molar-refractivity contribution in [1.29, 1.82) is 0 Å². The van der Waals surface area contributed by atoms with E-state index in [1.807, 2.05) is 12.1 Å². The number of carbonyl (C=O) groups excluding carboxylic acids is 2. The largest absolute Gasteiger partial charge is 0.376 e. The van der Waals surface area contributed by atoms with Gasteiger partial charge in [0.1, 0.15) is 0 Å². The minimum absolute atomic E-state index is 0.0533. The quantitative estimate of drug-likeness (QED) is 0.307. The van der Waals surface area contributed by atoms with Gasteiger partial charge < -0.3 is 25.6 Å². The summed E-state index contributed by atoms with van der Waals surface area (Å²) < 4.78 is 5.69. The van der Waals surface area contributed by atoms with Crippen LogP contribution in [0.5, 0.6) is 0 Å². The molecule has 5 rings (SSSR count). The van der Waals surface area contributed by atoms with Crippen molar-refractivity contribution in [2.45, 2.75) is 38.2 Å². The maximum atomic E-state index is 13.4. The molecule has 204 valence electrons. The minimum Gasteiger partial charge on any atom is -0.376 e. The van der Waals surface area contributed by atoms with Crippen LogP contribution in [0.2, 0.25) is 5.02 Å². The van der Waals surface area contributed by atoms with E-state index in [2.05, 4.69) is 51.2 Å². The number of urea groups is 1. The normalized spacial score (nSPS) is 17.6. The molecule has 2 aliphatic heterocycles. The summed E-state index contributed by atoms with van der Waals surface area (Å²) in [6.45, 7) is 2.98. The second-order valence-corrected chi connectivity index (χ2v) is 10.7. The van der Waals surface area contributed by atoms with Crippen molar-refractivity contribution in [2.75, 3.05) is 41.8 Å². The molecule has 8 heteroatoms. The van der Waals surface area contributed by atoms with Gasteiger partial charge in [0.2, 0.25) is 0 Å². The summed E-state index contributed by atoms with van der Waals surface area (Å²) in [7, 11) is 0. The summed E-state index contributed by atoms with van der Waals surface area (Å²) in [4.78, 5) is 28.3. The topological polar surface area (TPSA) is 82.7 Å². The van der Waals surface area contributed by atoms with E-state index in [1.54, 1.807) is 30.3 Å². The van der Waals surface area contributed by atoms with Gasteiger partial charge in [0.05, 0.1) is 11.7 Å². The number of hydrogen-bond acceptors (Lipinski definition) is 4. The van der Waals surface area contributed by atoms with Crippen LogP contribution in [0, 0.1) is 5.92 Å². The molecule has 0 aromatic heterocycles. The predicted octanol–water partition coefficient (Wildman–Crippen LogP) is 6.35. The number of piperidine rings is 1. The molecule has 1 unspecified atom stereocenters. The number of ether oxygens (including phenoxy) is 1. The summed E-state index contributed by atoms with van der Waals surface area (Å²) in [5, 5.41) is 9.30. The summed E-state index contributed by atoms with van der Waals surface area (Å²) in [6.07, 6.45) is 5.23. The first kappa shape index (κ1) is 27.0. The van der Waals surface area contributed by atoms with E-state index >= 15 is 0 Å². The van der Waals surface area contributed by atoms with Crippen LogP contribution in [0.25, 0.3) is 0 Å². The molecule has 7 nitrogen and oxygen atoms in total. The molecule has 2 aliphatic rings. The molecule has 0 aliphatic carbocycles. The highest BCUT2D eigenvalue weighted by atomic mass is 35.5. The van der Waals surface area contributed by atoms with Crippen molar-refractivity contribution in [3.63, 3.8) is 0 Å². The monoisotopic (exact) mass is 546 g/mol. The van der Waals surface area contributed by atoms with Crippen molar-refractivity contribution in [3.8, 4) is 0 Å². The third-order valence-corrected chi connectivity index (χ3v) is 7.69. The molecule has 0 radical (unpaired) electrons. The second-order valence-electron chi connectivity index (χ2n) is 10.3. The molecule has 0 saturated carbocycles. The first-order chi connectivity index (χ1) is 19.0. The van der Waals surface area contributed by atoms with Gasteiger partial charge in [-0.25, -0.2) is 4.79 Å². The fourth-order valence-corrected chi connectivity index (χ4v) is 5.46. The van der Waals surface area contributed by atoms with Gasteiger partial charge >= 0.3 is 6.03 Å². The van der Waals surface area contributed by atoms with Crippen LogP contribution >= 0.6 is 11.6 Å². The minimum atomic E-state index is -0.391. The Labute approximate surface area is 234 Å². The molecule has 3 N–H and O–H groups in total. The summed E-state index contributed by atoms with van der Waals surface area (Å²) in [5.41, 5.74) is 3.99. The number of rotatable bonds is 8. The van der Waals surface area contributed by atoms with Crippen LogP contribution in [0.3, 0.4) is 0 Å². The number of anilines is 3. The zero-order chi connectivity index (χ0) is 27.0. The lowest BCUT2D eigenvalue weighted by Crippen LogP contribution is -2.37. The third kappa shape index (κ3) is 7.52. The number of carbonyl (C=O) groups is 2. The van der Waals surface area contributed by atoms with E-state index in [1.165, 1.54) is 5.56 Å². The lowest BCUT2D eigenvalue weighted by atomic mass is 9.89. The van der Waals surface area contributed by atoms with Crippen molar-refractivity contribution < 1.29 is 14.3 Å². The van der Waals surface area contributed by atoms with Gasteiger partial charge in [-0.1, -0.05) is 41.9 Å². The van der Waals surface area contributed by atoms with Crippen molar-refractivity contribution in [1.82, 2.24) is 5.32 Å². The highest BCUT2D eigenvalue weighted by molar-refractivity contribution is 6.30. The average molecular weight is 547 g/mol. The van der Waals surface area contributed by atoms with Crippen LogP contribution in [-0.2, 0) is 11.2 Å². The van der Waals surface area contributed by atoms with Crippen LogP contribution in [0.15, 0.2) is 72.8 Å². The van der Waals surface area contributed by atoms with Crippen molar-refractivity contribution in [3.05, 3.63) is 88.9 Å². The molecule has 2 saturated heterocycles. The van der Waals surface area contributed by atoms with Gasteiger partial charge in [-0.05, 0) is 86.1 Å². The second kappa shape index (κ2) is 13.0. The van der Waals surface area contributed by atoms with E-state index in [4.69, 9.17) is 16.3 Å². The molecule has 3 amide bonds. The van der Waals surface area contributed by atoms with E-state index < -0.39 is 6.03 Å². The number of halogens is 1. The molecule has 3 aromatic carbocycles. The van der Waals surface area contributed by atoms with Crippen LogP contribution in [0.1, 0.15) is 41.6 Å². The maximum absolute atomic E-state index is 13.4. The van der Waals surface area contributed by atoms with Gasteiger partial charge in [-0.2, -0.15) is 0 Å².